The summed E-state index contributed by atoms with van der Waals surface area (Å²) < 4.78 is 11.9. The minimum atomic E-state index is -0.263. The topological polar surface area (TPSA) is 33.7 Å². The Hall–Kier alpha value is -0.160. The number of likely N-dealkylation sites (tertiary alicyclic amines) is 1. The van der Waals surface area contributed by atoms with Crippen LogP contribution in [0.3, 0.4) is 0 Å². The highest BCUT2D eigenvalue weighted by Gasteiger charge is 2.47. The van der Waals surface area contributed by atoms with Crippen LogP contribution in [0.25, 0.3) is 0 Å². The van der Waals surface area contributed by atoms with Crippen LogP contribution in [0, 0.1) is 5.92 Å². The standard InChI is InChI=1S/C16H30N2O2/c1-3-4-13-6-8-18(12-13)15-11-16(19-9-10-20-16)7-5-14(15)17-2/h13-15,17H,3-12H2,1-2H3. The lowest BCUT2D eigenvalue weighted by Crippen LogP contribution is -2.56. The van der Waals surface area contributed by atoms with Gasteiger partial charge in [-0.25, -0.2) is 0 Å². The number of rotatable bonds is 4. The van der Waals surface area contributed by atoms with Crippen molar-refractivity contribution in [2.75, 3.05) is 33.4 Å². The molecule has 4 nitrogen and oxygen atoms in total. The van der Waals surface area contributed by atoms with Crippen molar-refractivity contribution in [1.29, 1.82) is 0 Å². The van der Waals surface area contributed by atoms with Crippen molar-refractivity contribution in [2.24, 2.45) is 5.92 Å². The van der Waals surface area contributed by atoms with Crippen molar-refractivity contribution in [3.63, 3.8) is 0 Å². The molecule has 0 aromatic heterocycles. The Kier molecular flexibility index (Phi) is 4.65. The van der Waals surface area contributed by atoms with Gasteiger partial charge in [0, 0.05) is 31.5 Å². The summed E-state index contributed by atoms with van der Waals surface area (Å²) in [4.78, 5) is 2.70. The number of hydrogen-bond donors (Lipinski definition) is 1. The van der Waals surface area contributed by atoms with Gasteiger partial charge in [0.05, 0.1) is 13.2 Å². The molecule has 3 unspecified atom stereocenters. The third-order valence-corrected chi connectivity index (χ3v) is 5.49. The van der Waals surface area contributed by atoms with Crippen LogP contribution in [0.1, 0.15) is 45.4 Å². The molecule has 20 heavy (non-hydrogen) atoms. The molecule has 2 saturated heterocycles. The number of likely N-dealkylation sites (N-methyl/N-ethyl adjacent to an activating group) is 1. The Morgan fingerprint density at radius 3 is 2.75 bits per heavy atom. The van der Waals surface area contributed by atoms with E-state index in [0.29, 0.717) is 12.1 Å². The normalized spacial score (nSPS) is 37.8. The fourth-order valence-electron chi connectivity index (χ4n) is 4.42. The summed E-state index contributed by atoms with van der Waals surface area (Å²) in [5, 5.41) is 3.53. The molecule has 0 radical (unpaired) electrons. The van der Waals surface area contributed by atoms with E-state index in [2.05, 4.69) is 24.2 Å². The summed E-state index contributed by atoms with van der Waals surface area (Å²) in [5.41, 5.74) is 0. The van der Waals surface area contributed by atoms with E-state index in [1.807, 2.05) is 0 Å². The maximum absolute atomic E-state index is 5.96. The van der Waals surface area contributed by atoms with Crippen LogP contribution in [0.4, 0.5) is 0 Å². The van der Waals surface area contributed by atoms with Crippen LogP contribution in [0.2, 0.25) is 0 Å². The SMILES string of the molecule is CCCC1CCN(C2CC3(CCC2NC)OCCO3)C1. The van der Waals surface area contributed by atoms with E-state index in [9.17, 15) is 0 Å². The zero-order valence-corrected chi connectivity index (χ0v) is 13.1. The average molecular weight is 282 g/mol. The molecule has 3 atom stereocenters. The zero-order valence-electron chi connectivity index (χ0n) is 13.1. The van der Waals surface area contributed by atoms with Crippen molar-refractivity contribution in [3.05, 3.63) is 0 Å². The number of nitrogens with one attached hydrogen (secondary N) is 1. The molecule has 0 aromatic rings. The fraction of sp³-hybridized carbons (Fsp3) is 1.00. The molecule has 2 heterocycles. The van der Waals surface area contributed by atoms with Gasteiger partial charge in [-0.15, -0.1) is 0 Å². The second kappa shape index (κ2) is 6.30. The van der Waals surface area contributed by atoms with Gasteiger partial charge in [0.15, 0.2) is 5.79 Å². The molecule has 0 amide bonds. The van der Waals surface area contributed by atoms with Crippen LogP contribution in [0.15, 0.2) is 0 Å². The molecule has 1 spiro atoms. The Morgan fingerprint density at radius 2 is 2.05 bits per heavy atom. The Morgan fingerprint density at radius 1 is 1.25 bits per heavy atom. The van der Waals surface area contributed by atoms with Crippen molar-refractivity contribution in [1.82, 2.24) is 10.2 Å². The van der Waals surface area contributed by atoms with Crippen molar-refractivity contribution in [3.8, 4) is 0 Å². The molecular formula is C16H30N2O2. The number of ether oxygens (including phenoxy) is 2. The first-order valence-electron chi connectivity index (χ1n) is 8.45. The van der Waals surface area contributed by atoms with E-state index in [-0.39, 0.29) is 5.79 Å². The monoisotopic (exact) mass is 282 g/mol. The molecular weight excluding hydrogens is 252 g/mol. The first kappa shape index (κ1) is 14.8. The minimum absolute atomic E-state index is 0.263. The molecule has 0 aromatic carbocycles. The Balaban J connectivity index is 1.65. The molecule has 2 aliphatic heterocycles. The first-order valence-corrected chi connectivity index (χ1v) is 8.45. The van der Waals surface area contributed by atoms with E-state index < -0.39 is 0 Å². The summed E-state index contributed by atoms with van der Waals surface area (Å²) in [5.74, 6) is 0.640. The molecule has 3 fully saturated rings. The smallest absolute Gasteiger partial charge is 0.170 e. The van der Waals surface area contributed by atoms with E-state index in [1.54, 1.807) is 0 Å². The van der Waals surface area contributed by atoms with Crippen LogP contribution in [-0.2, 0) is 9.47 Å². The highest BCUT2D eigenvalue weighted by Crippen LogP contribution is 2.39. The summed E-state index contributed by atoms with van der Waals surface area (Å²) >= 11 is 0. The predicted molar refractivity (Wildman–Crippen MR) is 79.7 cm³/mol. The van der Waals surface area contributed by atoms with Crippen LogP contribution >= 0.6 is 0 Å². The Labute approximate surface area is 123 Å². The fourth-order valence-corrected chi connectivity index (χ4v) is 4.42. The zero-order chi connectivity index (χ0) is 14.0. The van der Waals surface area contributed by atoms with Crippen LogP contribution in [0.5, 0.6) is 0 Å². The third-order valence-electron chi connectivity index (χ3n) is 5.49. The van der Waals surface area contributed by atoms with Gasteiger partial charge in [-0.2, -0.15) is 0 Å². The van der Waals surface area contributed by atoms with Gasteiger partial charge in [0.1, 0.15) is 0 Å². The molecule has 4 heteroatoms. The van der Waals surface area contributed by atoms with Crippen LogP contribution < -0.4 is 5.32 Å². The summed E-state index contributed by atoms with van der Waals surface area (Å²) in [6.07, 6.45) is 7.31. The van der Waals surface area contributed by atoms with Crippen molar-refractivity contribution in [2.45, 2.75) is 63.3 Å². The molecule has 3 rings (SSSR count). The second-order valence-corrected chi connectivity index (χ2v) is 6.75. The largest absolute Gasteiger partial charge is 0.347 e. The third kappa shape index (κ3) is 2.89. The number of hydrogen-bond acceptors (Lipinski definition) is 4. The molecule has 116 valence electrons. The van der Waals surface area contributed by atoms with Gasteiger partial charge >= 0.3 is 0 Å². The van der Waals surface area contributed by atoms with E-state index in [0.717, 1.165) is 38.4 Å². The van der Waals surface area contributed by atoms with Gasteiger partial charge in [-0.1, -0.05) is 13.3 Å². The lowest BCUT2D eigenvalue weighted by Gasteiger charge is -2.44. The minimum Gasteiger partial charge on any atom is -0.347 e. The molecule has 0 bridgehead atoms. The number of nitrogens with zero attached hydrogens (tertiary/aromatic N) is 1. The lowest BCUT2D eigenvalue weighted by atomic mass is 9.84. The van der Waals surface area contributed by atoms with Gasteiger partial charge in [-0.05, 0) is 38.8 Å². The molecule has 1 N–H and O–H groups in total. The van der Waals surface area contributed by atoms with Crippen LogP contribution in [-0.4, -0.2) is 56.1 Å². The van der Waals surface area contributed by atoms with Gasteiger partial charge in [0.2, 0.25) is 0 Å². The van der Waals surface area contributed by atoms with Gasteiger partial charge in [-0.3, -0.25) is 4.90 Å². The first-order chi connectivity index (χ1) is 9.76. The van der Waals surface area contributed by atoms with E-state index in [1.165, 1.54) is 32.4 Å². The molecule has 3 aliphatic rings. The Bertz CT molecular complexity index is 318. The molecule has 1 saturated carbocycles. The molecule has 1 aliphatic carbocycles. The predicted octanol–water partition coefficient (Wildman–Crippen LogP) is 1.99. The second-order valence-electron chi connectivity index (χ2n) is 6.75. The maximum atomic E-state index is 5.96. The van der Waals surface area contributed by atoms with E-state index >= 15 is 0 Å². The van der Waals surface area contributed by atoms with Crippen molar-refractivity contribution < 1.29 is 9.47 Å². The van der Waals surface area contributed by atoms with Gasteiger partial charge in [0.25, 0.3) is 0 Å². The average Bonchev–Trinajstić information content (AvgIpc) is 3.09. The highest BCUT2D eigenvalue weighted by atomic mass is 16.7. The summed E-state index contributed by atoms with van der Waals surface area (Å²) in [7, 11) is 2.10. The van der Waals surface area contributed by atoms with E-state index in [4.69, 9.17) is 9.47 Å². The maximum Gasteiger partial charge on any atom is 0.170 e. The van der Waals surface area contributed by atoms with Gasteiger partial charge < -0.3 is 14.8 Å². The summed E-state index contributed by atoms with van der Waals surface area (Å²) in [6.45, 7) is 6.37. The quantitative estimate of drug-likeness (QED) is 0.855. The highest BCUT2D eigenvalue weighted by molar-refractivity contribution is 4.97. The lowest BCUT2D eigenvalue weighted by molar-refractivity contribution is -0.192. The van der Waals surface area contributed by atoms with Crippen molar-refractivity contribution >= 4 is 0 Å². The summed E-state index contributed by atoms with van der Waals surface area (Å²) in [6, 6.07) is 1.17.